The van der Waals surface area contributed by atoms with Crippen molar-refractivity contribution in [3.63, 3.8) is 0 Å². The van der Waals surface area contributed by atoms with Gasteiger partial charge in [0.1, 0.15) is 0 Å². The zero-order valence-corrected chi connectivity index (χ0v) is 12.1. The fraction of sp³-hybridized carbons (Fsp3) is 0.438. The molecule has 1 aliphatic carbocycles. The Morgan fingerprint density at radius 3 is 3.16 bits per heavy atom. The predicted octanol–water partition coefficient (Wildman–Crippen LogP) is 3.39. The van der Waals surface area contributed by atoms with Crippen LogP contribution in [-0.4, -0.2) is 18.1 Å². The number of nitrogens with one attached hydrogen (secondary N) is 1. The van der Waals surface area contributed by atoms with Crippen LogP contribution in [0.15, 0.2) is 35.8 Å². The van der Waals surface area contributed by atoms with E-state index in [2.05, 4.69) is 40.9 Å². The third-order valence-electron chi connectivity index (χ3n) is 4.11. The second kappa shape index (κ2) is 5.85. The number of aryl methyl sites for hydroxylation is 1. The lowest BCUT2D eigenvalue weighted by Crippen LogP contribution is -2.35. The minimum absolute atomic E-state index is 0.489. The topological polar surface area (TPSA) is 24.9 Å². The summed E-state index contributed by atoms with van der Waals surface area (Å²) in [7, 11) is 2.08. The van der Waals surface area contributed by atoms with E-state index in [0.717, 1.165) is 6.42 Å². The number of fused-ring (bicyclic) bond motifs is 1. The van der Waals surface area contributed by atoms with Crippen LogP contribution in [0.1, 0.15) is 34.9 Å². The van der Waals surface area contributed by atoms with E-state index >= 15 is 0 Å². The van der Waals surface area contributed by atoms with Crippen molar-refractivity contribution in [2.45, 2.75) is 37.6 Å². The summed E-state index contributed by atoms with van der Waals surface area (Å²) in [6.07, 6.45) is 6.78. The van der Waals surface area contributed by atoms with Crippen molar-refractivity contribution in [2.75, 3.05) is 7.05 Å². The minimum atomic E-state index is 0.489. The predicted molar refractivity (Wildman–Crippen MR) is 80.8 cm³/mol. The second-order valence-electron chi connectivity index (χ2n) is 5.22. The number of thiophene rings is 1. The van der Waals surface area contributed by atoms with E-state index in [1.54, 1.807) is 10.4 Å². The molecule has 19 heavy (non-hydrogen) atoms. The van der Waals surface area contributed by atoms with Crippen LogP contribution in [0.4, 0.5) is 0 Å². The summed E-state index contributed by atoms with van der Waals surface area (Å²) in [6, 6.07) is 9.00. The van der Waals surface area contributed by atoms with Crippen molar-refractivity contribution in [3.05, 3.63) is 52.0 Å². The van der Waals surface area contributed by atoms with Gasteiger partial charge in [-0.2, -0.15) is 0 Å². The first-order valence-electron chi connectivity index (χ1n) is 7.02. The van der Waals surface area contributed by atoms with Crippen LogP contribution < -0.4 is 5.32 Å². The fourth-order valence-corrected chi connectivity index (χ4v) is 4.13. The molecule has 1 aliphatic rings. The zero-order chi connectivity index (χ0) is 13.1. The Morgan fingerprint density at radius 1 is 1.42 bits per heavy atom. The molecule has 100 valence electrons. The van der Waals surface area contributed by atoms with Crippen LogP contribution in [0.2, 0.25) is 0 Å². The molecule has 0 amide bonds. The smallest absolute Gasteiger partial charge is 0.0419 e. The summed E-state index contributed by atoms with van der Waals surface area (Å²) >= 11 is 1.92. The van der Waals surface area contributed by atoms with Crippen molar-refractivity contribution >= 4 is 11.3 Å². The van der Waals surface area contributed by atoms with Gasteiger partial charge in [0.25, 0.3) is 0 Å². The Kier molecular flexibility index (Phi) is 3.95. The molecular formula is C16H20N2S. The van der Waals surface area contributed by atoms with Crippen LogP contribution in [0.25, 0.3) is 0 Å². The number of hydrogen-bond acceptors (Lipinski definition) is 3. The van der Waals surface area contributed by atoms with E-state index in [0.29, 0.717) is 12.0 Å². The highest BCUT2D eigenvalue weighted by molar-refractivity contribution is 7.10. The SMILES string of the molecule is CNC(Cc1ccccn1)C1CCCc2sccc21. The molecule has 0 radical (unpaired) electrons. The number of nitrogens with zero attached hydrogens (tertiary/aromatic N) is 1. The normalized spacial score (nSPS) is 19.9. The van der Waals surface area contributed by atoms with Gasteiger partial charge in [-0.15, -0.1) is 11.3 Å². The number of hydrogen-bond donors (Lipinski definition) is 1. The van der Waals surface area contributed by atoms with E-state index < -0.39 is 0 Å². The molecule has 2 nitrogen and oxygen atoms in total. The largest absolute Gasteiger partial charge is 0.316 e. The average molecular weight is 272 g/mol. The van der Waals surface area contributed by atoms with Crippen LogP contribution in [0.5, 0.6) is 0 Å². The van der Waals surface area contributed by atoms with Crippen LogP contribution in [0, 0.1) is 0 Å². The highest BCUT2D eigenvalue weighted by Crippen LogP contribution is 2.37. The number of aromatic nitrogens is 1. The fourth-order valence-electron chi connectivity index (χ4n) is 3.13. The summed E-state index contributed by atoms with van der Waals surface area (Å²) in [6.45, 7) is 0. The van der Waals surface area contributed by atoms with Gasteiger partial charge >= 0.3 is 0 Å². The van der Waals surface area contributed by atoms with Gasteiger partial charge in [0, 0.05) is 35.1 Å². The number of rotatable bonds is 4. The first-order valence-corrected chi connectivity index (χ1v) is 7.90. The van der Waals surface area contributed by atoms with Gasteiger partial charge in [-0.25, -0.2) is 0 Å². The van der Waals surface area contributed by atoms with E-state index in [1.165, 1.54) is 25.0 Å². The molecule has 1 N–H and O–H groups in total. The summed E-state index contributed by atoms with van der Waals surface area (Å²) in [5, 5.41) is 5.76. The molecule has 0 saturated carbocycles. The lowest BCUT2D eigenvalue weighted by Gasteiger charge is -2.30. The van der Waals surface area contributed by atoms with Crippen LogP contribution >= 0.6 is 11.3 Å². The summed E-state index contributed by atoms with van der Waals surface area (Å²) in [5.41, 5.74) is 2.76. The Bertz CT molecular complexity index is 521. The van der Waals surface area contributed by atoms with Gasteiger partial charge in [-0.05, 0) is 55.5 Å². The Hall–Kier alpha value is -1.19. The molecule has 3 rings (SSSR count). The Labute approximate surface area is 118 Å². The molecule has 0 aliphatic heterocycles. The van der Waals surface area contributed by atoms with Gasteiger partial charge in [-0.3, -0.25) is 4.98 Å². The van der Waals surface area contributed by atoms with E-state index in [-0.39, 0.29) is 0 Å². The summed E-state index contributed by atoms with van der Waals surface area (Å²) < 4.78 is 0. The van der Waals surface area contributed by atoms with Gasteiger partial charge in [0.05, 0.1) is 0 Å². The van der Waals surface area contributed by atoms with Crippen molar-refractivity contribution in [2.24, 2.45) is 0 Å². The lowest BCUT2D eigenvalue weighted by atomic mass is 9.81. The van der Waals surface area contributed by atoms with Crippen molar-refractivity contribution < 1.29 is 0 Å². The molecule has 2 aromatic heterocycles. The molecule has 0 saturated heterocycles. The summed E-state index contributed by atoms with van der Waals surface area (Å²) in [4.78, 5) is 6.06. The third kappa shape index (κ3) is 2.72. The lowest BCUT2D eigenvalue weighted by molar-refractivity contribution is 0.411. The van der Waals surface area contributed by atoms with Gasteiger partial charge in [0.2, 0.25) is 0 Å². The molecule has 0 fully saturated rings. The summed E-state index contributed by atoms with van der Waals surface area (Å²) in [5.74, 6) is 0.641. The van der Waals surface area contributed by atoms with E-state index in [4.69, 9.17) is 0 Å². The monoisotopic (exact) mass is 272 g/mol. The van der Waals surface area contributed by atoms with Crippen LogP contribution in [0.3, 0.4) is 0 Å². The number of likely N-dealkylation sites (N-methyl/N-ethyl adjacent to an activating group) is 1. The standard InChI is InChI=1S/C16H20N2S/c1-17-15(11-12-5-2-3-9-18-12)13-6-4-7-16-14(13)8-10-19-16/h2-3,5,8-10,13,15,17H,4,6-7,11H2,1H3. The third-order valence-corrected chi connectivity index (χ3v) is 5.11. The Balaban J connectivity index is 1.80. The maximum Gasteiger partial charge on any atom is 0.0419 e. The van der Waals surface area contributed by atoms with Gasteiger partial charge < -0.3 is 5.32 Å². The maximum atomic E-state index is 4.47. The van der Waals surface area contributed by atoms with Crippen molar-refractivity contribution in [1.29, 1.82) is 0 Å². The van der Waals surface area contributed by atoms with Crippen molar-refractivity contribution in [3.8, 4) is 0 Å². The molecule has 2 unspecified atom stereocenters. The zero-order valence-electron chi connectivity index (χ0n) is 11.3. The first kappa shape index (κ1) is 12.8. The highest BCUT2D eigenvalue weighted by Gasteiger charge is 2.28. The molecule has 3 heteroatoms. The van der Waals surface area contributed by atoms with Crippen molar-refractivity contribution in [1.82, 2.24) is 10.3 Å². The van der Waals surface area contributed by atoms with E-state index in [1.807, 2.05) is 23.6 Å². The molecule has 0 aromatic carbocycles. The molecule has 0 bridgehead atoms. The molecule has 2 heterocycles. The molecular weight excluding hydrogens is 252 g/mol. The molecule has 0 spiro atoms. The second-order valence-corrected chi connectivity index (χ2v) is 6.22. The van der Waals surface area contributed by atoms with E-state index in [9.17, 15) is 0 Å². The average Bonchev–Trinajstić information content (AvgIpc) is 2.94. The van der Waals surface area contributed by atoms with Crippen LogP contribution in [-0.2, 0) is 12.8 Å². The highest BCUT2D eigenvalue weighted by atomic mass is 32.1. The number of pyridine rings is 1. The quantitative estimate of drug-likeness (QED) is 0.923. The first-order chi connectivity index (χ1) is 9.38. The van der Waals surface area contributed by atoms with Gasteiger partial charge in [-0.1, -0.05) is 6.07 Å². The van der Waals surface area contributed by atoms with Gasteiger partial charge in [0.15, 0.2) is 0 Å². The minimum Gasteiger partial charge on any atom is -0.316 e. The maximum absolute atomic E-state index is 4.47. The Morgan fingerprint density at radius 2 is 2.37 bits per heavy atom. The molecule has 2 atom stereocenters. The molecule has 2 aromatic rings.